The number of anilines is 2. The van der Waals surface area contributed by atoms with Gasteiger partial charge in [-0.05, 0) is 41.0 Å². The summed E-state index contributed by atoms with van der Waals surface area (Å²) in [5, 5.41) is 26.6. The van der Waals surface area contributed by atoms with Gasteiger partial charge < -0.3 is 10.4 Å². The summed E-state index contributed by atoms with van der Waals surface area (Å²) in [6.45, 7) is 0. The Morgan fingerprint density at radius 3 is 2.61 bits per heavy atom. The molecule has 154 valence electrons. The second-order valence-electron chi connectivity index (χ2n) is 7.30. The maximum atomic E-state index is 10.7. The van der Waals surface area contributed by atoms with E-state index in [4.69, 9.17) is 0 Å². The van der Waals surface area contributed by atoms with Crippen LogP contribution in [0.5, 0.6) is 0 Å². The lowest BCUT2D eigenvalue weighted by molar-refractivity contribution is 0.167. The van der Waals surface area contributed by atoms with Gasteiger partial charge in [0.25, 0.3) is 0 Å². The molecule has 0 saturated heterocycles. The molecule has 8 nitrogen and oxygen atoms in total. The average molecular weight is 411 g/mol. The SMILES string of the molecule is Cn1nccc1Nc1cc(-c2ccn3c(C(O)Cc4ccccc4)nnc3c2)ccn1. The normalized spacial score (nSPS) is 12.2. The zero-order chi connectivity index (χ0) is 21.2. The molecule has 0 bridgehead atoms. The lowest BCUT2D eigenvalue weighted by Gasteiger charge is -2.10. The Balaban J connectivity index is 1.41. The summed E-state index contributed by atoms with van der Waals surface area (Å²) < 4.78 is 3.58. The molecule has 0 aliphatic rings. The number of aliphatic hydroxyl groups excluding tert-OH is 1. The maximum absolute atomic E-state index is 10.7. The predicted molar refractivity (Wildman–Crippen MR) is 118 cm³/mol. The smallest absolute Gasteiger partial charge is 0.166 e. The molecular weight excluding hydrogens is 390 g/mol. The van der Waals surface area contributed by atoms with Gasteiger partial charge in [0.2, 0.25) is 0 Å². The fraction of sp³-hybridized carbons (Fsp3) is 0.130. The summed E-state index contributed by atoms with van der Waals surface area (Å²) in [6.07, 6.45) is 5.13. The van der Waals surface area contributed by atoms with Crippen molar-refractivity contribution < 1.29 is 5.11 Å². The Labute approximate surface area is 178 Å². The molecule has 0 amide bonds. The Morgan fingerprint density at radius 2 is 1.81 bits per heavy atom. The van der Waals surface area contributed by atoms with E-state index in [-0.39, 0.29) is 0 Å². The molecule has 31 heavy (non-hydrogen) atoms. The number of nitrogens with one attached hydrogen (secondary N) is 1. The van der Waals surface area contributed by atoms with Crippen LogP contribution in [0.2, 0.25) is 0 Å². The molecule has 4 aromatic heterocycles. The standard InChI is InChI=1S/C23H21N7O/c1-29-21(8-11-25-29)26-20-14-17(7-10-24-20)18-9-12-30-22(15-18)27-28-23(30)19(31)13-16-5-3-2-4-6-16/h2-12,14-15,19,31H,13H2,1H3,(H,24,26). The zero-order valence-electron chi connectivity index (χ0n) is 16.9. The second-order valence-corrected chi connectivity index (χ2v) is 7.30. The van der Waals surface area contributed by atoms with Gasteiger partial charge in [0.15, 0.2) is 11.5 Å². The van der Waals surface area contributed by atoms with E-state index in [1.54, 1.807) is 17.1 Å². The summed E-state index contributed by atoms with van der Waals surface area (Å²) in [7, 11) is 1.87. The second kappa shape index (κ2) is 8.00. The summed E-state index contributed by atoms with van der Waals surface area (Å²) >= 11 is 0. The molecule has 1 aromatic carbocycles. The Bertz CT molecular complexity index is 1330. The van der Waals surface area contributed by atoms with Crippen molar-refractivity contribution in [3.63, 3.8) is 0 Å². The highest BCUT2D eigenvalue weighted by Crippen LogP contribution is 2.25. The van der Waals surface area contributed by atoms with Gasteiger partial charge in [-0.1, -0.05) is 30.3 Å². The Hall–Kier alpha value is -4.04. The van der Waals surface area contributed by atoms with Crippen LogP contribution in [-0.4, -0.2) is 34.5 Å². The summed E-state index contributed by atoms with van der Waals surface area (Å²) in [6, 6.07) is 19.6. The van der Waals surface area contributed by atoms with Gasteiger partial charge in [0, 0.05) is 31.9 Å². The first kappa shape index (κ1) is 19.0. The summed E-state index contributed by atoms with van der Waals surface area (Å²) in [4.78, 5) is 4.39. The van der Waals surface area contributed by atoms with E-state index in [1.807, 2.05) is 78.3 Å². The third-order valence-corrected chi connectivity index (χ3v) is 5.18. The maximum Gasteiger partial charge on any atom is 0.166 e. The molecule has 0 saturated carbocycles. The van der Waals surface area contributed by atoms with E-state index >= 15 is 0 Å². The minimum absolute atomic E-state index is 0.483. The number of hydrogen-bond acceptors (Lipinski definition) is 6. The molecule has 1 atom stereocenters. The van der Waals surface area contributed by atoms with Crippen LogP contribution in [0.4, 0.5) is 11.6 Å². The van der Waals surface area contributed by atoms with Crippen molar-refractivity contribution in [2.45, 2.75) is 12.5 Å². The summed E-state index contributed by atoms with van der Waals surface area (Å²) in [5.41, 5.74) is 3.71. The molecule has 0 aliphatic heterocycles. The van der Waals surface area contributed by atoms with Gasteiger partial charge >= 0.3 is 0 Å². The molecule has 2 N–H and O–H groups in total. The van der Waals surface area contributed by atoms with Crippen molar-refractivity contribution in [1.82, 2.24) is 29.4 Å². The van der Waals surface area contributed by atoms with Gasteiger partial charge in [-0.25, -0.2) is 4.98 Å². The predicted octanol–water partition coefficient (Wildman–Crippen LogP) is 3.54. The van der Waals surface area contributed by atoms with Crippen LogP contribution in [0.15, 0.2) is 79.3 Å². The number of aliphatic hydroxyl groups is 1. The minimum Gasteiger partial charge on any atom is -0.385 e. The third kappa shape index (κ3) is 3.88. The fourth-order valence-electron chi connectivity index (χ4n) is 3.55. The molecule has 0 radical (unpaired) electrons. The quantitative estimate of drug-likeness (QED) is 0.444. The van der Waals surface area contributed by atoms with Crippen molar-refractivity contribution in [3.05, 3.63) is 90.6 Å². The van der Waals surface area contributed by atoms with Crippen LogP contribution in [0.25, 0.3) is 16.8 Å². The van der Waals surface area contributed by atoms with Crippen molar-refractivity contribution in [2.75, 3.05) is 5.32 Å². The Morgan fingerprint density at radius 1 is 0.968 bits per heavy atom. The molecule has 1 unspecified atom stereocenters. The van der Waals surface area contributed by atoms with E-state index in [2.05, 4.69) is 25.6 Å². The largest absolute Gasteiger partial charge is 0.385 e. The van der Waals surface area contributed by atoms with E-state index in [0.717, 1.165) is 28.3 Å². The molecule has 5 rings (SSSR count). The van der Waals surface area contributed by atoms with Gasteiger partial charge in [0.05, 0.1) is 6.20 Å². The molecule has 8 heteroatoms. The topological polar surface area (TPSA) is 93.2 Å². The third-order valence-electron chi connectivity index (χ3n) is 5.18. The lowest BCUT2D eigenvalue weighted by atomic mass is 10.1. The highest BCUT2D eigenvalue weighted by molar-refractivity contribution is 5.70. The number of fused-ring (bicyclic) bond motifs is 1. The number of rotatable bonds is 6. The fourth-order valence-corrected chi connectivity index (χ4v) is 3.55. The van der Waals surface area contributed by atoms with Crippen LogP contribution >= 0.6 is 0 Å². The number of pyridine rings is 2. The van der Waals surface area contributed by atoms with Crippen LogP contribution in [0.1, 0.15) is 17.5 Å². The number of aromatic nitrogens is 6. The highest BCUT2D eigenvalue weighted by Gasteiger charge is 2.16. The van der Waals surface area contributed by atoms with E-state index in [9.17, 15) is 5.11 Å². The van der Waals surface area contributed by atoms with Crippen LogP contribution < -0.4 is 5.32 Å². The zero-order valence-corrected chi connectivity index (χ0v) is 16.9. The molecular formula is C23H21N7O. The first-order chi connectivity index (χ1) is 15.2. The van der Waals surface area contributed by atoms with Crippen molar-refractivity contribution in [2.24, 2.45) is 7.05 Å². The molecule has 0 spiro atoms. The molecule has 0 fully saturated rings. The first-order valence-corrected chi connectivity index (χ1v) is 9.95. The van der Waals surface area contributed by atoms with Crippen molar-refractivity contribution in [1.29, 1.82) is 0 Å². The molecule has 0 aliphatic carbocycles. The minimum atomic E-state index is -0.737. The molecule has 4 heterocycles. The number of aryl methyl sites for hydroxylation is 1. The number of hydrogen-bond donors (Lipinski definition) is 2. The van der Waals surface area contributed by atoms with Gasteiger partial charge in [-0.15, -0.1) is 10.2 Å². The summed E-state index contributed by atoms with van der Waals surface area (Å²) in [5.74, 6) is 2.11. The first-order valence-electron chi connectivity index (χ1n) is 9.95. The van der Waals surface area contributed by atoms with Crippen LogP contribution in [-0.2, 0) is 13.5 Å². The van der Waals surface area contributed by atoms with Crippen molar-refractivity contribution >= 4 is 17.3 Å². The molecule has 5 aromatic rings. The van der Waals surface area contributed by atoms with Crippen LogP contribution in [0, 0.1) is 0 Å². The van der Waals surface area contributed by atoms with E-state index in [0.29, 0.717) is 17.9 Å². The van der Waals surface area contributed by atoms with E-state index < -0.39 is 6.10 Å². The van der Waals surface area contributed by atoms with Gasteiger partial charge in [0.1, 0.15) is 17.7 Å². The Kier molecular flexibility index (Phi) is 4.89. The van der Waals surface area contributed by atoms with Crippen molar-refractivity contribution in [3.8, 4) is 11.1 Å². The van der Waals surface area contributed by atoms with E-state index in [1.165, 1.54) is 0 Å². The van der Waals surface area contributed by atoms with Crippen LogP contribution in [0.3, 0.4) is 0 Å². The highest BCUT2D eigenvalue weighted by atomic mass is 16.3. The number of benzene rings is 1. The lowest BCUT2D eigenvalue weighted by Crippen LogP contribution is -2.06. The monoisotopic (exact) mass is 411 g/mol. The average Bonchev–Trinajstić information content (AvgIpc) is 3.40. The number of nitrogens with zero attached hydrogens (tertiary/aromatic N) is 6. The van der Waals surface area contributed by atoms with Gasteiger partial charge in [-0.2, -0.15) is 5.10 Å². The van der Waals surface area contributed by atoms with Gasteiger partial charge in [-0.3, -0.25) is 9.08 Å².